The van der Waals surface area contributed by atoms with Crippen LogP contribution in [-0.2, 0) is 17.5 Å². The van der Waals surface area contributed by atoms with Gasteiger partial charge in [-0.05, 0) is 0 Å². The third-order valence-electron chi connectivity index (χ3n) is 7.99. The topological polar surface area (TPSA) is 17.1 Å². The van der Waals surface area contributed by atoms with Crippen LogP contribution in [0.5, 0.6) is 0 Å². The van der Waals surface area contributed by atoms with Gasteiger partial charge in [-0.2, -0.15) is 0 Å². The summed E-state index contributed by atoms with van der Waals surface area (Å²) in [5, 5.41) is 0. The molecule has 0 aliphatic rings. The van der Waals surface area contributed by atoms with E-state index in [0.29, 0.717) is 11.1 Å². The van der Waals surface area contributed by atoms with E-state index in [-0.39, 0.29) is 5.41 Å². The van der Waals surface area contributed by atoms with Crippen molar-refractivity contribution in [3.63, 3.8) is 0 Å². The van der Waals surface area contributed by atoms with E-state index in [4.69, 9.17) is 0 Å². The van der Waals surface area contributed by atoms with Crippen molar-refractivity contribution in [1.29, 1.82) is 0 Å². The van der Waals surface area contributed by atoms with Gasteiger partial charge in [0.1, 0.15) is 0 Å². The van der Waals surface area contributed by atoms with Crippen LogP contribution >= 0.6 is 0 Å². The maximum absolute atomic E-state index is 13.5. The summed E-state index contributed by atoms with van der Waals surface area (Å²) in [6.45, 7) is 16.1. The summed E-state index contributed by atoms with van der Waals surface area (Å²) in [4.78, 5) is 13.5. The Morgan fingerprint density at radius 3 is 2.00 bits per heavy atom. The summed E-state index contributed by atoms with van der Waals surface area (Å²) in [6, 6.07) is 4.38. The Labute approximate surface area is 208 Å². The molecule has 0 amide bonds. The molecule has 0 saturated heterocycles. The molecule has 1 unspecified atom stereocenters. The minimum absolute atomic E-state index is 0.185. The first-order valence-electron chi connectivity index (χ1n) is 14.3. The standard InChI is InChI=1S/C30H53B2O/c1-7-11-14-16-21-30(6,22-17-15-12-8-2)28(33)32-25-26-19-18-23-31-27(26)24-29(5,10-4)20-13-9-3/h18-19,23H,7-17,20-22,24-25H2,1-6H3. The molecule has 1 aromatic rings. The van der Waals surface area contributed by atoms with E-state index in [1.807, 2.05) is 7.28 Å². The zero-order valence-electron chi connectivity index (χ0n) is 23.1. The quantitative estimate of drug-likeness (QED) is 0.143. The van der Waals surface area contributed by atoms with Gasteiger partial charge >= 0.3 is 209 Å². The van der Waals surface area contributed by atoms with Gasteiger partial charge in [-0.1, -0.05) is 0 Å². The predicted molar refractivity (Wildman–Crippen MR) is 150 cm³/mol. The summed E-state index contributed by atoms with van der Waals surface area (Å²) in [6.07, 6.45) is 19.0. The molecule has 185 valence electrons. The van der Waals surface area contributed by atoms with E-state index < -0.39 is 0 Å². The number of carbonyl (C=O) groups excluding carboxylic acids is 1. The molecule has 0 fully saturated rings. The van der Waals surface area contributed by atoms with Gasteiger partial charge in [-0.3, -0.25) is 0 Å². The third kappa shape index (κ3) is 11.4. The Kier molecular flexibility index (Phi) is 15.3. The molecule has 1 radical (unpaired) electrons. The van der Waals surface area contributed by atoms with Crippen molar-refractivity contribution in [2.24, 2.45) is 10.8 Å². The van der Waals surface area contributed by atoms with Gasteiger partial charge in [0, 0.05) is 0 Å². The average Bonchev–Trinajstić information content (AvgIpc) is 2.82. The van der Waals surface area contributed by atoms with Crippen molar-refractivity contribution in [2.75, 3.05) is 0 Å². The molecule has 33 heavy (non-hydrogen) atoms. The van der Waals surface area contributed by atoms with E-state index in [1.54, 1.807) is 0 Å². The molecule has 1 atom stereocenters. The number of hydrogen-bond acceptors (Lipinski definition) is 1. The first kappa shape index (κ1) is 30.2. The fraction of sp³-hybridized carbons (Fsp3) is 0.800. The SMILES string of the molecule is CCCCCCC(C)(CCCCCC)C(=O)[B]Cc1cccbc1CC(C)(CC)CCCC. The van der Waals surface area contributed by atoms with Gasteiger partial charge in [-0.15, -0.1) is 0 Å². The van der Waals surface area contributed by atoms with Gasteiger partial charge in [-0.25, -0.2) is 0 Å². The molecule has 0 saturated carbocycles. The van der Waals surface area contributed by atoms with Crippen LogP contribution in [0, 0.1) is 10.8 Å². The van der Waals surface area contributed by atoms with Crippen LogP contribution in [0.15, 0.2) is 18.1 Å². The van der Waals surface area contributed by atoms with Crippen molar-refractivity contribution >= 4 is 19.9 Å². The van der Waals surface area contributed by atoms with E-state index in [1.165, 1.54) is 88.1 Å². The van der Waals surface area contributed by atoms with Crippen LogP contribution in [-0.4, -0.2) is 19.9 Å². The van der Waals surface area contributed by atoms with E-state index in [2.05, 4.69) is 66.5 Å². The third-order valence-corrected chi connectivity index (χ3v) is 7.99. The Morgan fingerprint density at radius 1 is 0.848 bits per heavy atom. The van der Waals surface area contributed by atoms with Crippen LogP contribution in [0.2, 0.25) is 0 Å². The van der Waals surface area contributed by atoms with Crippen LogP contribution < -0.4 is 0 Å². The zero-order chi connectivity index (χ0) is 24.6. The number of rotatable bonds is 20. The van der Waals surface area contributed by atoms with Crippen molar-refractivity contribution in [1.82, 2.24) is 0 Å². The molecule has 1 nitrogen and oxygen atoms in total. The van der Waals surface area contributed by atoms with Crippen molar-refractivity contribution in [3.8, 4) is 0 Å². The number of carbonyl (C=O) groups is 1. The Balaban J connectivity index is 2.84. The molecule has 0 aliphatic heterocycles. The fourth-order valence-corrected chi connectivity index (χ4v) is 5.09. The van der Waals surface area contributed by atoms with Crippen LogP contribution in [0.1, 0.15) is 142 Å². The molecule has 0 aromatic carbocycles. The van der Waals surface area contributed by atoms with Gasteiger partial charge in [0.15, 0.2) is 0 Å². The monoisotopic (exact) mass is 451 g/mol. The molecule has 0 spiro atoms. The molecule has 1 aromatic heterocycles. The average molecular weight is 451 g/mol. The number of unbranched alkanes of at least 4 members (excludes halogenated alkanes) is 7. The van der Waals surface area contributed by atoms with E-state index >= 15 is 0 Å². The second-order valence-corrected chi connectivity index (χ2v) is 11.2. The van der Waals surface area contributed by atoms with Crippen molar-refractivity contribution in [2.45, 2.75) is 144 Å². The fourth-order valence-electron chi connectivity index (χ4n) is 5.09. The van der Waals surface area contributed by atoms with Gasteiger partial charge in [0.25, 0.3) is 0 Å². The summed E-state index contributed by atoms with van der Waals surface area (Å²) in [5.74, 6) is 2.17. The summed E-state index contributed by atoms with van der Waals surface area (Å²) >= 11 is 0. The Hall–Kier alpha value is -0.850. The predicted octanol–water partition coefficient (Wildman–Crippen LogP) is 8.85. The normalized spacial score (nSPS) is 13.5. The molecule has 1 rings (SSSR count). The maximum atomic E-state index is 13.5. The van der Waals surface area contributed by atoms with Crippen LogP contribution in [0.4, 0.5) is 0 Å². The molecule has 0 bridgehead atoms. The summed E-state index contributed by atoms with van der Waals surface area (Å²) in [7, 11) is 2.04. The zero-order valence-corrected chi connectivity index (χ0v) is 23.1. The van der Waals surface area contributed by atoms with Crippen LogP contribution in [0.3, 0.4) is 0 Å². The van der Waals surface area contributed by atoms with Gasteiger partial charge in [0.2, 0.25) is 0 Å². The second-order valence-electron chi connectivity index (χ2n) is 11.2. The summed E-state index contributed by atoms with van der Waals surface area (Å²) in [5.41, 5.74) is 3.34. The molecular weight excluding hydrogens is 398 g/mol. The van der Waals surface area contributed by atoms with Crippen LogP contribution in [0.25, 0.3) is 0 Å². The van der Waals surface area contributed by atoms with E-state index in [9.17, 15) is 4.79 Å². The Bertz CT molecular complexity index is 644. The first-order valence-corrected chi connectivity index (χ1v) is 14.3. The first-order chi connectivity index (χ1) is 15.8. The molecule has 3 heteroatoms. The molecule has 1 heterocycles. The van der Waals surface area contributed by atoms with Crippen molar-refractivity contribution < 1.29 is 4.79 Å². The van der Waals surface area contributed by atoms with Crippen molar-refractivity contribution in [3.05, 3.63) is 29.1 Å². The van der Waals surface area contributed by atoms with E-state index in [0.717, 1.165) is 25.6 Å². The van der Waals surface area contributed by atoms with Gasteiger partial charge < -0.3 is 0 Å². The molecule has 0 aliphatic carbocycles. The molecular formula is C30H53B2O. The number of hydrogen-bond donors (Lipinski definition) is 0. The molecule has 0 N–H and O–H groups in total. The second kappa shape index (κ2) is 16.7. The minimum atomic E-state index is -0.185. The summed E-state index contributed by atoms with van der Waals surface area (Å²) < 4.78 is 0. The van der Waals surface area contributed by atoms with Gasteiger partial charge in [0.05, 0.1) is 0 Å². The Morgan fingerprint density at radius 2 is 1.45 bits per heavy atom.